The lowest BCUT2D eigenvalue weighted by molar-refractivity contribution is 0.150. The molecule has 0 bridgehead atoms. The van der Waals surface area contributed by atoms with Gasteiger partial charge < -0.3 is 9.47 Å². The second-order valence-electron chi connectivity index (χ2n) is 4.34. The zero-order valence-electron chi connectivity index (χ0n) is 9.28. The average Bonchev–Trinajstić information content (AvgIpc) is 2.97. The predicted octanol–water partition coefficient (Wildman–Crippen LogP) is 2.68. The molecule has 94 valence electrons. The SMILES string of the molecule is O=C=NC1(c2cc(C(F)F)cc3c2OCO3)CC1. The maximum Gasteiger partial charge on any atom is 0.263 e. The van der Waals surface area contributed by atoms with Gasteiger partial charge in [-0.05, 0) is 25.0 Å². The fraction of sp³-hybridized carbons (Fsp3) is 0.417. The van der Waals surface area contributed by atoms with Crippen molar-refractivity contribution in [3.8, 4) is 11.5 Å². The molecule has 0 aromatic heterocycles. The topological polar surface area (TPSA) is 47.9 Å². The first-order chi connectivity index (χ1) is 8.66. The van der Waals surface area contributed by atoms with Crippen molar-refractivity contribution in [1.82, 2.24) is 0 Å². The van der Waals surface area contributed by atoms with Crippen LogP contribution in [0.5, 0.6) is 11.5 Å². The number of benzene rings is 1. The molecule has 1 aliphatic carbocycles. The Hall–Kier alpha value is -1.94. The molecule has 0 atom stereocenters. The van der Waals surface area contributed by atoms with Gasteiger partial charge in [-0.25, -0.2) is 13.6 Å². The lowest BCUT2D eigenvalue weighted by Crippen LogP contribution is -2.05. The van der Waals surface area contributed by atoms with E-state index in [1.54, 1.807) is 0 Å². The molecule has 0 unspecified atom stereocenters. The van der Waals surface area contributed by atoms with E-state index < -0.39 is 12.0 Å². The molecule has 1 heterocycles. The van der Waals surface area contributed by atoms with Crippen LogP contribution in [0, 0.1) is 0 Å². The number of alkyl halides is 2. The summed E-state index contributed by atoms with van der Waals surface area (Å²) in [7, 11) is 0. The third-order valence-corrected chi connectivity index (χ3v) is 3.23. The van der Waals surface area contributed by atoms with Gasteiger partial charge in [0.05, 0.1) is 0 Å². The Morgan fingerprint density at radius 3 is 2.72 bits per heavy atom. The third kappa shape index (κ3) is 1.57. The summed E-state index contributed by atoms with van der Waals surface area (Å²) < 4.78 is 36.0. The van der Waals surface area contributed by atoms with E-state index in [9.17, 15) is 13.6 Å². The third-order valence-electron chi connectivity index (χ3n) is 3.23. The molecular formula is C12H9F2NO3. The van der Waals surface area contributed by atoms with Gasteiger partial charge in [0.2, 0.25) is 12.9 Å². The molecule has 0 radical (unpaired) electrons. The highest BCUT2D eigenvalue weighted by molar-refractivity contribution is 5.57. The number of carbonyl (C=O) groups excluding carboxylic acids is 1. The lowest BCUT2D eigenvalue weighted by atomic mass is 10.0. The number of hydrogen-bond acceptors (Lipinski definition) is 4. The molecule has 0 amide bonds. The number of rotatable bonds is 3. The summed E-state index contributed by atoms with van der Waals surface area (Å²) in [6.07, 6.45) is 0.157. The zero-order chi connectivity index (χ0) is 12.8. The fourth-order valence-corrected chi connectivity index (χ4v) is 2.15. The van der Waals surface area contributed by atoms with E-state index >= 15 is 0 Å². The Labute approximate surface area is 101 Å². The summed E-state index contributed by atoms with van der Waals surface area (Å²) in [6, 6.07) is 2.60. The van der Waals surface area contributed by atoms with Crippen LogP contribution in [0.15, 0.2) is 17.1 Å². The minimum Gasteiger partial charge on any atom is -0.454 e. The predicted molar refractivity (Wildman–Crippen MR) is 56.6 cm³/mol. The van der Waals surface area contributed by atoms with Crippen LogP contribution in [-0.4, -0.2) is 12.9 Å². The summed E-state index contributed by atoms with van der Waals surface area (Å²) in [5, 5.41) is 0. The highest BCUT2D eigenvalue weighted by Crippen LogP contribution is 2.55. The number of isocyanates is 1. The Bertz CT molecular complexity index is 548. The quantitative estimate of drug-likeness (QED) is 0.614. The molecule has 0 saturated heterocycles. The first-order valence-corrected chi connectivity index (χ1v) is 5.47. The van der Waals surface area contributed by atoms with Crippen LogP contribution < -0.4 is 9.47 Å². The highest BCUT2D eigenvalue weighted by atomic mass is 19.3. The minimum atomic E-state index is -2.60. The van der Waals surface area contributed by atoms with E-state index in [4.69, 9.17) is 9.47 Å². The summed E-state index contributed by atoms with van der Waals surface area (Å²) in [5.74, 6) is 0.700. The molecule has 6 heteroatoms. The van der Waals surface area contributed by atoms with Crippen molar-refractivity contribution in [2.75, 3.05) is 6.79 Å². The molecule has 4 nitrogen and oxygen atoms in total. The van der Waals surface area contributed by atoms with Crippen LogP contribution >= 0.6 is 0 Å². The number of aliphatic imine (C=N–C) groups is 1. The second-order valence-corrected chi connectivity index (χ2v) is 4.34. The molecular weight excluding hydrogens is 244 g/mol. The van der Waals surface area contributed by atoms with Crippen LogP contribution in [0.25, 0.3) is 0 Å². The van der Waals surface area contributed by atoms with E-state index in [1.807, 2.05) is 0 Å². The first-order valence-electron chi connectivity index (χ1n) is 5.47. The van der Waals surface area contributed by atoms with Gasteiger partial charge in [-0.1, -0.05) is 0 Å². The van der Waals surface area contributed by atoms with Crippen LogP contribution in [0.3, 0.4) is 0 Å². The molecule has 1 aromatic carbocycles. The van der Waals surface area contributed by atoms with Crippen molar-refractivity contribution < 1.29 is 23.0 Å². The fourth-order valence-electron chi connectivity index (χ4n) is 2.15. The minimum absolute atomic E-state index is 0.00406. The Kier molecular flexibility index (Phi) is 2.35. The number of fused-ring (bicyclic) bond motifs is 1. The molecule has 1 fully saturated rings. The second kappa shape index (κ2) is 3.78. The van der Waals surface area contributed by atoms with Crippen molar-refractivity contribution in [2.24, 2.45) is 4.99 Å². The van der Waals surface area contributed by atoms with Gasteiger partial charge in [-0.2, -0.15) is 4.99 Å². The van der Waals surface area contributed by atoms with Gasteiger partial charge in [0.15, 0.2) is 11.5 Å². The number of ether oxygens (including phenoxy) is 2. The summed E-state index contributed by atoms with van der Waals surface area (Å²) in [6.45, 7) is -0.00406. The van der Waals surface area contributed by atoms with Crippen molar-refractivity contribution in [1.29, 1.82) is 0 Å². The first kappa shape index (κ1) is 11.2. The van der Waals surface area contributed by atoms with Crippen LogP contribution in [0.4, 0.5) is 8.78 Å². The number of hydrogen-bond donors (Lipinski definition) is 0. The smallest absolute Gasteiger partial charge is 0.263 e. The van der Waals surface area contributed by atoms with E-state index in [-0.39, 0.29) is 18.1 Å². The zero-order valence-corrected chi connectivity index (χ0v) is 9.28. The summed E-state index contributed by atoms with van der Waals surface area (Å²) in [4.78, 5) is 14.2. The van der Waals surface area contributed by atoms with Crippen molar-refractivity contribution in [3.63, 3.8) is 0 Å². The lowest BCUT2D eigenvalue weighted by Gasteiger charge is -2.13. The molecule has 0 N–H and O–H groups in total. The van der Waals surface area contributed by atoms with Crippen LogP contribution in [0.1, 0.15) is 30.4 Å². The van der Waals surface area contributed by atoms with Gasteiger partial charge in [0.25, 0.3) is 6.43 Å². The molecule has 3 rings (SSSR count). The van der Waals surface area contributed by atoms with Gasteiger partial charge in [0, 0.05) is 11.1 Å². The summed E-state index contributed by atoms with van der Waals surface area (Å²) in [5.41, 5.74) is -0.400. The number of halogens is 2. The molecule has 2 aliphatic rings. The Morgan fingerprint density at radius 2 is 2.11 bits per heavy atom. The van der Waals surface area contributed by atoms with E-state index in [2.05, 4.69) is 4.99 Å². The van der Waals surface area contributed by atoms with Crippen molar-refractivity contribution in [3.05, 3.63) is 23.3 Å². The average molecular weight is 253 g/mol. The molecule has 1 aliphatic heterocycles. The highest BCUT2D eigenvalue weighted by Gasteiger charge is 2.48. The van der Waals surface area contributed by atoms with Gasteiger partial charge in [0.1, 0.15) is 5.54 Å². The Morgan fingerprint density at radius 1 is 1.33 bits per heavy atom. The number of nitrogens with zero attached hydrogens (tertiary/aromatic N) is 1. The Balaban J connectivity index is 2.16. The maximum absolute atomic E-state index is 12.8. The summed E-state index contributed by atoms with van der Waals surface area (Å²) >= 11 is 0. The molecule has 18 heavy (non-hydrogen) atoms. The molecule has 0 spiro atoms. The normalized spacial score (nSPS) is 18.6. The molecule has 1 aromatic rings. The van der Waals surface area contributed by atoms with Gasteiger partial charge in [-0.15, -0.1) is 0 Å². The van der Waals surface area contributed by atoms with Gasteiger partial charge in [-0.3, -0.25) is 0 Å². The molecule has 1 saturated carbocycles. The largest absolute Gasteiger partial charge is 0.454 e. The van der Waals surface area contributed by atoms with Crippen molar-refractivity contribution >= 4 is 6.08 Å². The van der Waals surface area contributed by atoms with Crippen LogP contribution in [0.2, 0.25) is 0 Å². The van der Waals surface area contributed by atoms with Crippen LogP contribution in [-0.2, 0) is 10.3 Å². The van der Waals surface area contributed by atoms with Gasteiger partial charge >= 0.3 is 0 Å². The maximum atomic E-state index is 12.8. The monoisotopic (exact) mass is 253 g/mol. The van der Waals surface area contributed by atoms with Crippen molar-refractivity contribution in [2.45, 2.75) is 24.8 Å². The van der Waals surface area contributed by atoms with E-state index in [0.717, 1.165) is 0 Å². The standard InChI is InChI=1S/C12H9F2NO3/c13-11(14)7-3-8(12(1-2-12)15-5-16)10-9(4-7)17-6-18-10/h3-4,11H,1-2,6H2. The van der Waals surface area contributed by atoms with E-state index in [1.165, 1.54) is 18.2 Å². The van der Waals surface area contributed by atoms with E-state index in [0.29, 0.717) is 24.2 Å².